The topological polar surface area (TPSA) is 58.2 Å². The van der Waals surface area contributed by atoms with Gasteiger partial charge in [-0.1, -0.05) is 12.1 Å². The van der Waals surface area contributed by atoms with Crippen LogP contribution in [-0.4, -0.2) is 23.6 Å². The Balaban J connectivity index is 1.54. The second kappa shape index (κ2) is 7.19. The van der Waals surface area contributed by atoms with E-state index in [1.54, 1.807) is 23.1 Å². The van der Waals surface area contributed by atoms with Gasteiger partial charge in [0.2, 0.25) is 11.8 Å². The number of carbonyl (C=O) groups excluding carboxylic acids is 2. The number of thiophene rings is 1. The number of hydrogen-bond donors (Lipinski definition) is 2. The van der Waals surface area contributed by atoms with Crippen molar-refractivity contribution in [3.8, 4) is 0 Å². The largest absolute Gasteiger partial charge is 0.355 e. The summed E-state index contributed by atoms with van der Waals surface area (Å²) in [5.41, 5.74) is 1.72. The normalized spacial score (nSPS) is 16.6. The van der Waals surface area contributed by atoms with Crippen molar-refractivity contribution in [1.82, 2.24) is 5.32 Å². The predicted octanol–water partition coefficient (Wildman–Crippen LogP) is 3.08. The third-order valence-corrected chi connectivity index (χ3v) is 5.73. The lowest BCUT2D eigenvalue weighted by Crippen LogP contribution is -2.28. The highest BCUT2D eigenvalue weighted by molar-refractivity contribution is 8.00. The van der Waals surface area contributed by atoms with E-state index in [-0.39, 0.29) is 17.1 Å². The maximum absolute atomic E-state index is 12.0. The van der Waals surface area contributed by atoms with Crippen molar-refractivity contribution < 1.29 is 9.59 Å². The van der Waals surface area contributed by atoms with Gasteiger partial charge >= 0.3 is 0 Å². The van der Waals surface area contributed by atoms with Crippen molar-refractivity contribution in [2.45, 2.75) is 29.9 Å². The lowest BCUT2D eigenvalue weighted by molar-refractivity contribution is -0.120. The molecule has 2 heterocycles. The Kier molecular flexibility index (Phi) is 5.03. The van der Waals surface area contributed by atoms with E-state index in [1.807, 2.05) is 36.6 Å². The van der Waals surface area contributed by atoms with Crippen LogP contribution >= 0.6 is 23.1 Å². The molecule has 3 rings (SSSR count). The summed E-state index contributed by atoms with van der Waals surface area (Å²) in [5.74, 6) is 0.0183. The van der Waals surface area contributed by atoms with E-state index < -0.39 is 0 Å². The average Bonchev–Trinajstić information content (AvgIpc) is 3.02. The van der Waals surface area contributed by atoms with Crippen LogP contribution in [-0.2, 0) is 22.4 Å². The minimum absolute atomic E-state index is 0.00432. The number of amides is 2. The van der Waals surface area contributed by atoms with E-state index in [0.717, 1.165) is 22.6 Å². The van der Waals surface area contributed by atoms with Crippen LogP contribution in [0.4, 0.5) is 5.69 Å². The molecule has 0 fully saturated rings. The van der Waals surface area contributed by atoms with Gasteiger partial charge in [-0.2, -0.15) is 0 Å². The van der Waals surface area contributed by atoms with Crippen LogP contribution in [0.15, 0.2) is 40.6 Å². The minimum Gasteiger partial charge on any atom is -0.355 e. The van der Waals surface area contributed by atoms with Crippen molar-refractivity contribution in [1.29, 1.82) is 0 Å². The summed E-state index contributed by atoms with van der Waals surface area (Å²) in [5, 5.41) is 7.80. The van der Waals surface area contributed by atoms with Gasteiger partial charge in [-0.25, -0.2) is 0 Å². The first kappa shape index (κ1) is 16.1. The molecule has 2 amide bonds. The molecule has 120 valence electrons. The number of anilines is 1. The van der Waals surface area contributed by atoms with Crippen LogP contribution in [0.5, 0.6) is 0 Å². The van der Waals surface area contributed by atoms with E-state index in [2.05, 4.69) is 16.7 Å². The van der Waals surface area contributed by atoms with Crippen LogP contribution in [0.3, 0.4) is 0 Å². The van der Waals surface area contributed by atoms with Crippen molar-refractivity contribution in [3.63, 3.8) is 0 Å². The first-order chi connectivity index (χ1) is 11.1. The van der Waals surface area contributed by atoms with E-state index in [9.17, 15) is 9.59 Å². The predicted molar refractivity (Wildman–Crippen MR) is 95.1 cm³/mol. The van der Waals surface area contributed by atoms with Gasteiger partial charge < -0.3 is 10.6 Å². The Morgan fingerprint density at radius 2 is 2.22 bits per heavy atom. The average molecular weight is 346 g/mol. The Morgan fingerprint density at radius 1 is 1.35 bits per heavy atom. The van der Waals surface area contributed by atoms with Gasteiger partial charge in [0.25, 0.3) is 0 Å². The van der Waals surface area contributed by atoms with Crippen molar-refractivity contribution in [3.05, 3.63) is 46.2 Å². The zero-order valence-electron chi connectivity index (χ0n) is 12.8. The van der Waals surface area contributed by atoms with Crippen LogP contribution in [0.2, 0.25) is 0 Å². The number of nitrogens with one attached hydrogen (secondary N) is 2. The van der Waals surface area contributed by atoms with Crippen molar-refractivity contribution >= 4 is 40.6 Å². The molecule has 2 N–H and O–H groups in total. The molecule has 2 aromatic rings. The molecular weight excluding hydrogens is 328 g/mol. The monoisotopic (exact) mass is 346 g/mol. The summed E-state index contributed by atoms with van der Waals surface area (Å²) in [4.78, 5) is 26.1. The summed E-state index contributed by atoms with van der Waals surface area (Å²) in [6, 6.07) is 9.91. The molecule has 0 bridgehead atoms. The maximum atomic E-state index is 12.0. The zero-order valence-corrected chi connectivity index (χ0v) is 14.4. The molecule has 1 aliphatic heterocycles. The molecule has 1 unspecified atom stereocenters. The minimum atomic E-state index is -0.0751. The fraction of sp³-hybridized carbons (Fsp3) is 0.294. The fourth-order valence-corrected chi connectivity index (χ4v) is 4.03. The highest BCUT2D eigenvalue weighted by Gasteiger charge is 2.23. The van der Waals surface area contributed by atoms with Gasteiger partial charge in [0.05, 0.1) is 17.4 Å². The molecule has 1 atom stereocenters. The van der Waals surface area contributed by atoms with Crippen LogP contribution in [0.25, 0.3) is 0 Å². The smallest absolute Gasteiger partial charge is 0.237 e. The summed E-state index contributed by atoms with van der Waals surface area (Å²) in [6.07, 6.45) is 1.19. The molecule has 0 saturated carbocycles. The van der Waals surface area contributed by atoms with Gasteiger partial charge in [-0.3, -0.25) is 9.59 Å². The van der Waals surface area contributed by atoms with Crippen molar-refractivity contribution in [2.75, 3.05) is 11.9 Å². The number of benzene rings is 1. The molecule has 1 aliphatic rings. The molecular formula is C17H18N2O2S2. The third-order valence-electron chi connectivity index (χ3n) is 3.61. The molecule has 6 heteroatoms. The lowest BCUT2D eigenvalue weighted by atomic mass is 10.1. The number of carbonyl (C=O) groups is 2. The Morgan fingerprint density at radius 3 is 3.00 bits per heavy atom. The highest BCUT2D eigenvalue weighted by atomic mass is 32.2. The number of fused-ring (bicyclic) bond motifs is 1. The van der Waals surface area contributed by atoms with Gasteiger partial charge in [0, 0.05) is 16.3 Å². The lowest BCUT2D eigenvalue weighted by Gasteiger charge is -2.21. The summed E-state index contributed by atoms with van der Waals surface area (Å²) in [7, 11) is 0. The van der Waals surface area contributed by atoms with Gasteiger partial charge in [0.1, 0.15) is 0 Å². The van der Waals surface area contributed by atoms with Gasteiger partial charge in [-0.05, 0) is 42.5 Å². The first-order valence-electron chi connectivity index (χ1n) is 7.51. The summed E-state index contributed by atoms with van der Waals surface area (Å²) < 4.78 is 0. The SMILES string of the molecule is CC1Sc2ccc(CC(=O)NCCc3cccs3)cc2NC1=O. The number of rotatable bonds is 5. The number of hydrogen-bond acceptors (Lipinski definition) is 4. The molecule has 23 heavy (non-hydrogen) atoms. The van der Waals surface area contributed by atoms with E-state index in [0.29, 0.717) is 13.0 Å². The summed E-state index contributed by atoms with van der Waals surface area (Å²) in [6.45, 7) is 2.53. The van der Waals surface area contributed by atoms with E-state index in [4.69, 9.17) is 0 Å². The van der Waals surface area contributed by atoms with Gasteiger partial charge in [-0.15, -0.1) is 23.1 Å². The molecule has 1 aromatic heterocycles. The van der Waals surface area contributed by atoms with E-state index >= 15 is 0 Å². The standard InChI is InChI=1S/C17H18N2O2S2/c1-11-17(21)19-14-9-12(4-5-15(14)23-11)10-16(20)18-7-6-13-3-2-8-22-13/h2-5,8-9,11H,6-7,10H2,1H3,(H,18,20)(H,19,21). The van der Waals surface area contributed by atoms with Crippen LogP contribution < -0.4 is 10.6 Å². The Labute approximate surface area is 143 Å². The molecule has 0 spiro atoms. The molecule has 1 aromatic carbocycles. The van der Waals surface area contributed by atoms with Crippen LogP contribution in [0, 0.1) is 0 Å². The van der Waals surface area contributed by atoms with Crippen LogP contribution in [0.1, 0.15) is 17.4 Å². The molecule has 0 saturated heterocycles. The second-order valence-corrected chi connectivity index (χ2v) is 7.85. The van der Waals surface area contributed by atoms with Gasteiger partial charge in [0.15, 0.2) is 0 Å². The second-order valence-electron chi connectivity index (χ2n) is 5.44. The molecule has 0 radical (unpaired) electrons. The quantitative estimate of drug-likeness (QED) is 0.875. The maximum Gasteiger partial charge on any atom is 0.237 e. The summed E-state index contributed by atoms with van der Waals surface area (Å²) >= 11 is 3.25. The highest BCUT2D eigenvalue weighted by Crippen LogP contribution is 2.35. The zero-order chi connectivity index (χ0) is 16.2. The molecule has 0 aliphatic carbocycles. The Bertz CT molecular complexity index is 713. The molecule has 4 nitrogen and oxygen atoms in total. The Hall–Kier alpha value is -1.79. The first-order valence-corrected chi connectivity index (χ1v) is 9.27. The fourth-order valence-electron chi connectivity index (χ4n) is 2.39. The number of thioether (sulfide) groups is 1. The third kappa shape index (κ3) is 4.14. The van der Waals surface area contributed by atoms with Crippen molar-refractivity contribution in [2.24, 2.45) is 0 Å². The van der Waals surface area contributed by atoms with E-state index in [1.165, 1.54) is 4.88 Å².